The molecule has 1 aliphatic rings. The third kappa shape index (κ3) is 4.04. The van der Waals surface area contributed by atoms with Crippen LogP contribution in [0.4, 0.5) is 0 Å². The Morgan fingerprint density at radius 2 is 1.96 bits per heavy atom. The second-order valence-electron chi connectivity index (χ2n) is 7.04. The van der Waals surface area contributed by atoms with Crippen LogP contribution in [-0.4, -0.2) is 41.6 Å². The Bertz CT molecular complexity index is 925. The summed E-state index contributed by atoms with van der Waals surface area (Å²) in [6, 6.07) is 11.4. The van der Waals surface area contributed by atoms with Crippen molar-refractivity contribution in [3.63, 3.8) is 0 Å². The lowest BCUT2D eigenvalue weighted by Gasteiger charge is -2.26. The molecule has 0 aliphatic carbocycles. The molecule has 27 heavy (non-hydrogen) atoms. The number of benzene rings is 1. The van der Waals surface area contributed by atoms with E-state index in [-0.39, 0.29) is 5.91 Å². The Morgan fingerprint density at radius 3 is 2.78 bits per heavy atom. The molecule has 1 N–H and O–H groups in total. The minimum absolute atomic E-state index is 0.0783. The summed E-state index contributed by atoms with van der Waals surface area (Å²) in [5.41, 5.74) is 3.18. The predicted octanol–water partition coefficient (Wildman–Crippen LogP) is 4.15. The molecule has 0 bridgehead atoms. The van der Waals surface area contributed by atoms with Crippen molar-refractivity contribution < 1.29 is 9.21 Å². The molecule has 4 rings (SSSR count). The number of carbonyl (C=O) groups is 1. The summed E-state index contributed by atoms with van der Waals surface area (Å²) in [4.78, 5) is 15.2. The minimum atomic E-state index is -0.0783. The van der Waals surface area contributed by atoms with Gasteiger partial charge in [-0.2, -0.15) is 0 Å². The molecular formula is C21H24ClN3O2. The highest BCUT2D eigenvalue weighted by molar-refractivity contribution is 6.31. The first-order chi connectivity index (χ1) is 13.2. The second kappa shape index (κ2) is 8.19. The molecule has 3 heterocycles. The van der Waals surface area contributed by atoms with E-state index in [4.69, 9.17) is 16.0 Å². The van der Waals surface area contributed by atoms with Crippen LogP contribution in [-0.2, 0) is 6.54 Å². The largest absolute Gasteiger partial charge is 0.463 e. The second-order valence-corrected chi connectivity index (χ2v) is 7.44. The van der Waals surface area contributed by atoms with Crippen molar-refractivity contribution in [2.24, 2.45) is 0 Å². The number of likely N-dealkylation sites (tertiary alicyclic amines) is 1. The van der Waals surface area contributed by atoms with Crippen LogP contribution in [0.5, 0.6) is 0 Å². The number of carbonyl (C=O) groups excluding carboxylic acids is 1. The molecule has 0 unspecified atom stereocenters. The number of fused-ring (bicyclic) bond motifs is 1. The van der Waals surface area contributed by atoms with Crippen molar-refractivity contribution in [1.82, 2.24) is 14.8 Å². The van der Waals surface area contributed by atoms with E-state index in [0.29, 0.717) is 29.4 Å². The lowest BCUT2D eigenvalue weighted by molar-refractivity contribution is 0.0938. The number of hydrogen-bond acceptors (Lipinski definition) is 3. The van der Waals surface area contributed by atoms with Crippen molar-refractivity contribution in [3.05, 3.63) is 58.9 Å². The molecule has 142 valence electrons. The summed E-state index contributed by atoms with van der Waals surface area (Å²) >= 11 is 6.32. The van der Waals surface area contributed by atoms with Crippen LogP contribution < -0.4 is 5.32 Å². The van der Waals surface area contributed by atoms with Gasteiger partial charge in [-0.25, -0.2) is 0 Å². The average Bonchev–Trinajstić information content (AvgIpc) is 3.27. The van der Waals surface area contributed by atoms with E-state index in [9.17, 15) is 4.79 Å². The fourth-order valence-electron chi connectivity index (χ4n) is 3.73. The molecule has 3 aromatic rings. The highest BCUT2D eigenvalue weighted by atomic mass is 35.5. The van der Waals surface area contributed by atoms with E-state index in [1.54, 1.807) is 6.26 Å². The van der Waals surface area contributed by atoms with Crippen LogP contribution in [0.1, 0.15) is 35.3 Å². The van der Waals surface area contributed by atoms with Gasteiger partial charge in [-0.05, 0) is 37.6 Å². The van der Waals surface area contributed by atoms with Crippen LogP contribution >= 0.6 is 11.6 Å². The SMILES string of the molecule is O=C(NCCN1CCCCC1)c1cc2occc2n1Cc1ccccc1Cl. The predicted molar refractivity (Wildman–Crippen MR) is 107 cm³/mol. The zero-order valence-corrected chi connectivity index (χ0v) is 16.0. The van der Waals surface area contributed by atoms with Crippen molar-refractivity contribution in [1.29, 1.82) is 0 Å². The van der Waals surface area contributed by atoms with Crippen molar-refractivity contribution in [2.75, 3.05) is 26.2 Å². The lowest BCUT2D eigenvalue weighted by atomic mass is 10.1. The first-order valence-electron chi connectivity index (χ1n) is 9.53. The Kier molecular flexibility index (Phi) is 5.50. The molecule has 1 aromatic carbocycles. The van der Waals surface area contributed by atoms with E-state index in [2.05, 4.69) is 10.2 Å². The fourth-order valence-corrected chi connectivity index (χ4v) is 3.93. The number of nitrogens with one attached hydrogen (secondary N) is 1. The third-order valence-electron chi connectivity index (χ3n) is 5.20. The quantitative estimate of drug-likeness (QED) is 0.693. The van der Waals surface area contributed by atoms with Gasteiger partial charge >= 0.3 is 0 Å². The number of amides is 1. The maximum absolute atomic E-state index is 12.8. The topological polar surface area (TPSA) is 50.4 Å². The highest BCUT2D eigenvalue weighted by Crippen LogP contribution is 2.24. The van der Waals surface area contributed by atoms with Crippen molar-refractivity contribution in [2.45, 2.75) is 25.8 Å². The third-order valence-corrected chi connectivity index (χ3v) is 5.57. The first-order valence-corrected chi connectivity index (χ1v) is 9.91. The first kappa shape index (κ1) is 18.1. The lowest BCUT2D eigenvalue weighted by Crippen LogP contribution is -2.38. The molecule has 1 amide bonds. The summed E-state index contributed by atoms with van der Waals surface area (Å²) in [7, 11) is 0. The van der Waals surface area contributed by atoms with Gasteiger partial charge in [0, 0.05) is 36.8 Å². The van der Waals surface area contributed by atoms with Crippen molar-refractivity contribution >= 4 is 28.6 Å². The zero-order valence-electron chi connectivity index (χ0n) is 15.3. The van der Waals surface area contributed by atoms with Gasteiger partial charge in [-0.15, -0.1) is 0 Å². The van der Waals surface area contributed by atoms with E-state index in [1.165, 1.54) is 19.3 Å². The molecule has 2 aromatic heterocycles. The molecule has 0 atom stereocenters. The van der Waals surface area contributed by atoms with E-state index in [1.807, 2.05) is 41.0 Å². The molecule has 0 radical (unpaired) electrons. The van der Waals surface area contributed by atoms with E-state index >= 15 is 0 Å². The molecule has 1 saturated heterocycles. The summed E-state index contributed by atoms with van der Waals surface area (Å²) in [5.74, 6) is -0.0783. The number of aromatic nitrogens is 1. The average molecular weight is 386 g/mol. The normalized spacial score (nSPS) is 15.3. The van der Waals surface area contributed by atoms with Gasteiger partial charge in [0.25, 0.3) is 5.91 Å². The maximum Gasteiger partial charge on any atom is 0.268 e. The monoisotopic (exact) mass is 385 g/mol. The van der Waals surface area contributed by atoms with Gasteiger partial charge < -0.3 is 19.2 Å². The molecular weight excluding hydrogens is 362 g/mol. The molecule has 6 heteroatoms. The minimum Gasteiger partial charge on any atom is -0.463 e. The molecule has 5 nitrogen and oxygen atoms in total. The standard InChI is InChI=1S/C21H24ClN3O2/c22-17-7-3-2-6-16(17)15-25-18-8-13-27-20(18)14-19(25)21(26)23-9-12-24-10-4-1-5-11-24/h2-3,6-8,13-14H,1,4-5,9-12,15H2,(H,23,26). The molecule has 0 spiro atoms. The van der Waals surface area contributed by atoms with Gasteiger partial charge in [0.05, 0.1) is 11.8 Å². The number of furan rings is 1. The van der Waals surface area contributed by atoms with Crippen molar-refractivity contribution in [3.8, 4) is 0 Å². The maximum atomic E-state index is 12.8. The van der Waals surface area contributed by atoms with E-state index < -0.39 is 0 Å². The van der Waals surface area contributed by atoms with Crippen LogP contribution in [0.3, 0.4) is 0 Å². The van der Waals surface area contributed by atoms with Gasteiger partial charge in [-0.1, -0.05) is 36.2 Å². The fraction of sp³-hybridized carbons (Fsp3) is 0.381. The van der Waals surface area contributed by atoms with Crippen LogP contribution in [0.15, 0.2) is 47.1 Å². The van der Waals surface area contributed by atoms with Crippen LogP contribution in [0, 0.1) is 0 Å². The van der Waals surface area contributed by atoms with Gasteiger partial charge in [0.2, 0.25) is 0 Å². The Hall–Kier alpha value is -2.24. The van der Waals surface area contributed by atoms with Gasteiger partial charge in [-0.3, -0.25) is 4.79 Å². The summed E-state index contributed by atoms with van der Waals surface area (Å²) < 4.78 is 7.48. The number of piperidine rings is 1. The summed E-state index contributed by atoms with van der Waals surface area (Å²) in [5, 5.41) is 3.76. The summed E-state index contributed by atoms with van der Waals surface area (Å²) in [6.45, 7) is 4.33. The van der Waals surface area contributed by atoms with E-state index in [0.717, 1.165) is 30.7 Å². The van der Waals surface area contributed by atoms with Crippen LogP contribution in [0.25, 0.3) is 11.1 Å². The summed E-state index contributed by atoms with van der Waals surface area (Å²) in [6.07, 6.45) is 5.47. The zero-order chi connectivity index (χ0) is 18.6. The van der Waals surface area contributed by atoms with Gasteiger partial charge in [0.15, 0.2) is 5.58 Å². The smallest absolute Gasteiger partial charge is 0.268 e. The number of rotatable bonds is 6. The Balaban J connectivity index is 1.49. The Morgan fingerprint density at radius 1 is 1.15 bits per heavy atom. The number of nitrogens with zero attached hydrogens (tertiary/aromatic N) is 2. The molecule has 0 saturated carbocycles. The molecule has 1 aliphatic heterocycles. The Labute approximate surface area is 163 Å². The van der Waals surface area contributed by atoms with Gasteiger partial charge in [0.1, 0.15) is 5.69 Å². The number of hydrogen-bond donors (Lipinski definition) is 1. The number of halogens is 1. The molecule has 1 fully saturated rings. The highest BCUT2D eigenvalue weighted by Gasteiger charge is 2.18. The van der Waals surface area contributed by atoms with Crippen LogP contribution in [0.2, 0.25) is 5.02 Å².